The second-order valence-electron chi connectivity index (χ2n) is 5.30. The van der Waals surface area contributed by atoms with E-state index in [9.17, 15) is 5.11 Å². The van der Waals surface area contributed by atoms with Gasteiger partial charge in [-0.15, -0.1) is 0 Å². The lowest BCUT2D eigenvalue weighted by Crippen LogP contribution is -2.26. The first kappa shape index (κ1) is 13.7. The molecule has 2 N–H and O–H groups in total. The van der Waals surface area contributed by atoms with E-state index in [1.54, 1.807) is 0 Å². The molecule has 0 aliphatic rings. The van der Waals surface area contributed by atoms with E-state index in [0.29, 0.717) is 5.92 Å². The van der Waals surface area contributed by atoms with Crippen molar-refractivity contribution in [3.05, 3.63) is 30.0 Å². The Balaban J connectivity index is 2.26. The van der Waals surface area contributed by atoms with Crippen LogP contribution in [0.3, 0.4) is 0 Å². The fourth-order valence-corrected chi connectivity index (χ4v) is 2.17. The minimum atomic E-state index is 0.0224. The molecule has 0 aliphatic heterocycles. The Labute approximate surface area is 113 Å². The number of nitrogens with one attached hydrogen (secondary N) is 1. The molecule has 19 heavy (non-hydrogen) atoms. The maximum absolute atomic E-state index is 9.43. The van der Waals surface area contributed by atoms with Crippen LogP contribution in [0.25, 0.3) is 11.0 Å². The number of aromatic nitrogens is 2. The van der Waals surface area contributed by atoms with Gasteiger partial charge < -0.3 is 10.4 Å². The fourth-order valence-electron chi connectivity index (χ4n) is 2.17. The predicted octanol–water partition coefficient (Wildman–Crippen LogP) is 2.76. The molecule has 0 saturated heterocycles. The van der Waals surface area contributed by atoms with E-state index < -0.39 is 0 Å². The fraction of sp³-hybridized carbons (Fsp3) is 0.467. The first-order valence-corrected chi connectivity index (χ1v) is 6.71. The topological polar surface area (TPSA) is 58.0 Å². The molecule has 0 bridgehead atoms. The van der Waals surface area contributed by atoms with Gasteiger partial charge in [0.2, 0.25) is 0 Å². The molecule has 1 heterocycles. The van der Waals surface area contributed by atoms with Crippen LogP contribution < -0.4 is 5.32 Å². The highest BCUT2D eigenvalue weighted by Crippen LogP contribution is 2.18. The molecule has 1 aromatic carbocycles. The minimum absolute atomic E-state index is 0.0224. The summed E-state index contributed by atoms with van der Waals surface area (Å²) in [6.45, 7) is 6.32. The van der Waals surface area contributed by atoms with Gasteiger partial charge in [0.25, 0.3) is 0 Å². The summed E-state index contributed by atoms with van der Waals surface area (Å²) in [7, 11) is 0. The summed E-state index contributed by atoms with van der Waals surface area (Å²) in [6.07, 6.45) is 0.907. The third-order valence-electron chi connectivity index (χ3n) is 3.06. The monoisotopic (exact) mass is 259 g/mol. The Morgan fingerprint density at radius 1 is 1.16 bits per heavy atom. The zero-order valence-electron chi connectivity index (χ0n) is 11.7. The summed E-state index contributed by atoms with van der Waals surface area (Å²) >= 11 is 0. The van der Waals surface area contributed by atoms with Gasteiger partial charge in [-0.1, -0.05) is 26.0 Å². The average Bonchev–Trinajstić information content (AvgIpc) is 2.38. The van der Waals surface area contributed by atoms with E-state index in [-0.39, 0.29) is 12.6 Å². The smallest absolute Gasteiger partial charge is 0.148 e. The van der Waals surface area contributed by atoms with E-state index in [4.69, 9.17) is 0 Å². The number of nitrogens with zero attached hydrogens (tertiary/aromatic N) is 2. The molecule has 4 heteroatoms. The zero-order chi connectivity index (χ0) is 13.8. The van der Waals surface area contributed by atoms with Crippen LogP contribution in [0.1, 0.15) is 26.0 Å². The highest BCUT2D eigenvalue weighted by Gasteiger charge is 2.12. The number of para-hydroxylation sites is 2. The van der Waals surface area contributed by atoms with Gasteiger partial charge in [-0.3, -0.25) is 0 Å². The van der Waals surface area contributed by atoms with Crippen molar-refractivity contribution < 1.29 is 5.11 Å². The van der Waals surface area contributed by atoms with E-state index in [2.05, 4.69) is 29.1 Å². The lowest BCUT2D eigenvalue weighted by Gasteiger charge is -2.19. The number of hydrogen-bond donors (Lipinski definition) is 2. The summed E-state index contributed by atoms with van der Waals surface area (Å²) in [4.78, 5) is 9.12. The molecule has 1 atom stereocenters. The van der Waals surface area contributed by atoms with Crippen LogP contribution in [0, 0.1) is 12.8 Å². The lowest BCUT2D eigenvalue weighted by molar-refractivity contribution is 0.259. The van der Waals surface area contributed by atoms with E-state index in [0.717, 1.165) is 29.0 Å². The van der Waals surface area contributed by atoms with Gasteiger partial charge in [0.05, 0.1) is 29.4 Å². The van der Waals surface area contributed by atoms with Crippen LogP contribution in [0.15, 0.2) is 24.3 Å². The van der Waals surface area contributed by atoms with Gasteiger partial charge in [0.15, 0.2) is 0 Å². The number of hydrogen-bond acceptors (Lipinski definition) is 4. The Bertz CT molecular complexity index is 554. The van der Waals surface area contributed by atoms with Crippen molar-refractivity contribution in [3.63, 3.8) is 0 Å². The van der Waals surface area contributed by atoms with Crippen molar-refractivity contribution in [2.75, 3.05) is 11.9 Å². The lowest BCUT2D eigenvalue weighted by atomic mass is 10.0. The molecular weight excluding hydrogens is 238 g/mol. The van der Waals surface area contributed by atoms with Gasteiger partial charge in [0, 0.05) is 0 Å². The molecule has 0 aliphatic carbocycles. The highest BCUT2D eigenvalue weighted by molar-refractivity contribution is 5.76. The van der Waals surface area contributed by atoms with E-state index >= 15 is 0 Å². The quantitative estimate of drug-likeness (QED) is 0.867. The predicted molar refractivity (Wildman–Crippen MR) is 78.2 cm³/mol. The first-order valence-electron chi connectivity index (χ1n) is 6.71. The number of fused-ring (bicyclic) bond motifs is 1. The first-order chi connectivity index (χ1) is 9.10. The Kier molecular flexibility index (Phi) is 4.32. The van der Waals surface area contributed by atoms with Gasteiger partial charge in [-0.2, -0.15) is 0 Å². The van der Waals surface area contributed by atoms with Crippen LogP contribution >= 0.6 is 0 Å². The molecular formula is C15H21N3O. The Morgan fingerprint density at radius 2 is 1.79 bits per heavy atom. The van der Waals surface area contributed by atoms with Gasteiger partial charge in [-0.05, 0) is 31.4 Å². The Hall–Kier alpha value is -1.68. The summed E-state index contributed by atoms with van der Waals surface area (Å²) in [6, 6.07) is 7.83. The molecule has 0 amide bonds. The molecule has 1 aromatic heterocycles. The Morgan fingerprint density at radius 3 is 2.37 bits per heavy atom. The van der Waals surface area contributed by atoms with Gasteiger partial charge >= 0.3 is 0 Å². The normalized spacial score (nSPS) is 12.9. The van der Waals surface area contributed by atoms with Crippen molar-refractivity contribution in [2.45, 2.75) is 33.2 Å². The summed E-state index contributed by atoms with van der Waals surface area (Å²) in [5.41, 5.74) is 2.63. The van der Waals surface area contributed by atoms with Crippen LogP contribution in [-0.4, -0.2) is 27.7 Å². The number of aliphatic hydroxyl groups is 1. The van der Waals surface area contributed by atoms with Crippen molar-refractivity contribution in [1.29, 1.82) is 0 Å². The summed E-state index contributed by atoms with van der Waals surface area (Å²) < 4.78 is 0. The second kappa shape index (κ2) is 5.97. The van der Waals surface area contributed by atoms with Gasteiger partial charge in [-0.25, -0.2) is 9.97 Å². The molecule has 0 fully saturated rings. The molecule has 2 aromatic rings. The SMILES string of the molecule is Cc1nc2ccccc2nc1NC(CO)CC(C)C. The van der Waals surface area contributed by atoms with Crippen molar-refractivity contribution in [1.82, 2.24) is 9.97 Å². The second-order valence-corrected chi connectivity index (χ2v) is 5.30. The maximum Gasteiger partial charge on any atom is 0.148 e. The molecule has 0 radical (unpaired) electrons. The van der Waals surface area contributed by atoms with Crippen LogP contribution in [0.4, 0.5) is 5.82 Å². The third kappa shape index (κ3) is 3.41. The number of benzene rings is 1. The van der Waals surface area contributed by atoms with Crippen LogP contribution in [0.2, 0.25) is 0 Å². The minimum Gasteiger partial charge on any atom is -0.394 e. The molecule has 4 nitrogen and oxygen atoms in total. The standard InChI is InChI=1S/C15H21N3O/c1-10(2)8-12(9-19)17-15-11(3)16-13-6-4-5-7-14(13)18-15/h4-7,10,12,19H,8-9H2,1-3H3,(H,17,18). The van der Waals surface area contributed by atoms with Crippen molar-refractivity contribution in [3.8, 4) is 0 Å². The maximum atomic E-state index is 9.43. The number of aliphatic hydroxyl groups excluding tert-OH is 1. The number of aryl methyl sites for hydroxylation is 1. The molecule has 0 saturated carbocycles. The van der Waals surface area contributed by atoms with Crippen molar-refractivity contribution >= 4 is 16.9 Å². The van der Waals surface area contributed by atoms with Gasteiger partial charge in [0.1, 0.15) is 5.82 Å². The molecule has 102 valence electrons. The van der Waals surface area contributed by atoms with E-state index in [1.807, 2.05) is 31.2 Å². The average molecular weight is 259 g/mol. The summed E-state index contributed by atoms with van der Waals surface area (Å²) in [5.74, 6) is 1.29. The molecule has 1 unspecified atom stereocenters. The molecule has 0 spiro atoms. The summed E-state index contributed by atoms with van der Waals surface area (Å²) in [5, 5.41) is 12.7. The van der Waals surface area contributed by atoms with Crippen LogP contribution in [0.5, 0.6) is 0 Å². The third-order valence-corrected chi connectivity index (χ3v) is 3.06. The number of anilines is 1. The van der Waals surface area contributed by atoms with Crippen molar-refractivity contribution in [2.24, 2.45) is 5.92 Å². The highest BCUT2D eigenvalue weighted by atomic mass is 16.3. The zero-order valence-corrected chi connectivity index (χ0v) is 11.7. The molecule has 2 rings (SSSR count). The van der Waals surface area contributed by atoms with E-state index in [1.165, 1.54) is 0 Å². The number of rotatable bonds is 5. The van der Waals surface area contributed by atoms with Crippen LogP contribution in [-0.2, 0) is 0 Å². The largest absolute Gasteiger partial charge is 0.394 e.